The van der Waals surface area contributed by atoms with E-state index < -0.39 is 6.01 Å². The molecule has 2 aromatic heterocycles. The van der Waals surface area contributed by atoms with Crippen molar-refractivity contribution in [1.82, 2.24) is 4.57 Å². The van der Waals surface area contributed by atoms with E-state index in [1.165, 1.54) is 12.1 Å². The lowest BCUT2D eigenvalue weighted by Crippen LogP contribution is -2.15. The summed E-state index contributed by atoms with van der Waals surface area (Å²) in [7, 11) is 0. The maximum Gasteiger partial charge on any atom is 0.281 e. The van der Waals surface area contributed by atoms with Crippen LogP contribution in [0.2, 0.25) is 5.15 Å². The van der Waals surface area contributed by atoms with E-state index in [0.29, 0.717) is 39.0 Å². The molecule has 0 saturated heterocycles. The predicted octanol–water partition coefficient (Wildman–Crippen LogP) is 4.26. The van der Waals surface area contributed by atoms with Gasteiger partial charge in [-0.3, -0.25) is 4.57 Å². The Morgan fingerprint density at radius 3 is 2.31 bits per heavy atom. The second kappa shape index (κ2) is 6.42. The number of halogens is 2. The van der Waals surface area contributed by atoms with Crippen molar-refractivity contribution < 1.29 is 19.1 Å². The molecule has 26 heavy (non-hydrogen) atoms. The van der Waals surface area contributed by atoms with Crippen molar-refractivity contribution >= 4 is 17.4 Å². The van der Waals surface area contributed by atoms with E-state index in [2.05, 4.69) is 5.16 Å². The molecule has 4 N–H and O–H groups in total. The summed E-state index contributed by atoms with van der Waals surface area (Å²) in [5.74, 6) is 0.271. The number of phenolic OH excluding ortho intramolecular Hbond substituents is 1. The van der Waals surface area contributed by atoms with Crippen LogP contribution in [0.4, 0.5) is 4.39 Å². The van der Waals surface area contributed by atoms with Crippen LogP contribution in [0.3, 0.4) is 0 Å². The molecule has 3 aromatic rings. The van der Waals surface area contributed by atoms with Gasteiger partial charge in [0.05, 0.1) is 11.3 Å². The van der Waals surface area contributed by atoms with Crippen molar-refractivity contribution in [2.24, 2.45) is 10.9 Å². The summed E-state index contributed by atoms with van der Waals surface area (Å²) in [6.07, 6.45) is 0. The van der Waals surface area contributed by atoms with Crippen LogP contribution in [0.15, 0.2) is 33.8 Å². The van der Waals surface area contributed by atoms with E-state index in [9.17, 15) is 14.7 Å². The van der Waals surface area contributed by atoms with Crippen molar-refractivity contribution in [1.29, 1.82) is 0 Å². The third-order valence-corrected chi connectivity index (χ3v) is 4.77. The van der Waals surface area contributed by atoms with E-state index in [1.54, 1.807) is 37.5 Å². The lowest BCUT2D eigenvalue weighted by molar-refractivity contribution is 0.318. The molecule has 0 bridgehead atoms. The summed E-state index contributed by atoms with van der Waals surface area (Å²) in [5, 5.41) is 22.2. The van der Waals surface area contributed by atoms with E-state index in [1.807, 2.05) is 0 Å². The Morgan fingerprint density at radius 2 is 1.81 bits per heavy atom. The lowest BCUT2D eigenvalue weighted by Gasteiger charge is -2.13. The molecule has 0 aliphatic rings. The molecule has 0 unspecified atom stereocenters. The van der Waals surface area contributed by atoms with Gasteiger partial charge in [-0.25, -0.2) is 0 Å². The number of benzene rings is 1. The van der Waals surface area contributed by atoms with Crippen LogP contribution >= 0.6 is 11.6 Å². The van der Waals surface area contributed by atoms with Crippen LogP contribution in [0.5, 0.6) is 5.75 Å². The zero-order valence-electron chi connectivity index (χ0n) is 14.3. The first kappa shape index (κ1) is 17.9. The van der Waals surface area contributed by atoms with E-state index in [-0.39, 0.29) is 17.1 Å². The molecule has 6 nitrogen and oxygen atoms in total. The Balaban J connectivity index is 2.47. The quantitative estimate of drug-likeness (QED) is 0.275. The summed E-state index contributed by atoms with van der Waals surface area (Å²) in [6, 6.07) is 5.60. The second-order valence-corrected chi connectivity index (χ2v) is 6.27. The average molecular weight is 378 g/mol. The molecule has 3 rings (SSSR count). The minimum atomic E-state index is -0.713. The number of hydrogen-bond acceptors (Lipinski definition) is 4. The number of aromatic nitrogens is 1. The molecule has 0 fully saturated rings. The first-order valence-corrected chi connectivity index (χ1v) is 8.09. The van der Waals surface area contributed by atoms with Gasteiger partial charge < -0.3 is 20.5 Å². The minimum Gasteiger partial charge on any atom is -0.508 e. The monoisotopic (exact) mass is 377 g/mol. The lowest BCUT2D eigenvalue weighted by atomic mass is 10.0. The maximum absolute atomic E-state index is 14.0. The largest absolute Gasteiger partial charge is 0.508 e. The van der Waals surface area contributed by atoms with Gasteiger partial charge in [0.2, 0.25) is 0 Å². The summed E-state index contributed by atoms with van der Waals surface area (Å²) >= 11 is 6.54. The van der Waals surface area contributed by atoms with Crippen molar-refractivity contribution in [2.75, 3.05) is 0 Å². The number of rotatable bonds is 3. The third kappa shape index (κ3) is 2.61. The Labute approximate surface area is 153 Å². The van der Waals surface area contributed by atoms with Crippen molar-refractivity contribution in [3.05, 3.63) is 57.9 Å². The van der Waals surface area contributed by atoms with Crippen LogP contribution < -0.4 is 5.73 Å². The van der Waals surface area contributed by atoms with Gasteiger partial charge in [0.15, 0.2) is 5.84 Å². The highest BCUT2D eigenvalue weighted by atomic mass is 35.5. The fraction of sp³-hybridized carbons (Fsp3) is 0.167. The molecule has 0 saturated carbocycles. The Hall–Kier alpha value is -2.93. The number of aryl methyl sites for hydroxylation is 1. The van der Waals surface area contributed by atoms with Crippen LogP contribution in [0, 0.1) is 26.8 Å². The molecule has 8 heteroatoms. The zero-order chi connectivity index (χ0) is 19.2. The van der Waals surface area contributed by atoms with Gasteiger partial charge in [-0.2, -0.15) is 4.39 Å². The molecule has 0 radical (unpaired) electrons. The Kier molecular flexibility index (Phi) is 4.41. The highest BCUT2D eigenvalue weighted by Gasteiger charge is 2.29. The standard InChI is InChI=1S/C18H17ClFN3O3/c1-8-14(18(21)22-25)15(13-9(2)17(20)26-10(13)3)23(16(8)19)11-4-6-12(24)7-5-11/h4-7,24-25H,1-3H3,(H2,21,22). The molecular formula is C18H17ClFN3O3. The molecular weight excluding hydrogens is 361 g/mol. The maximum atomic E-state index is 14.0. The highest BCUT2D eigenvalue weighted by molar-refractivity contribution is 6.32. The molecule has 0 spiro atoms. The number of nitrogens with two attached hydrogens (primary N) is 1. The summed E-state index contributed by atoms with van der Waals surface area (Å²) in [6.45, 7) is 4.92. The van der Waals surface area contributed by atoms with Crippen molar-refractivity contribution in [2.45, 2.75) is 20.8 Å². The van der Waals surface area contributed by atoms with Gasteiger partial charge in [0.25, 0.3) is 6.01 Å². The predicted molar refractivity (Wildman–Crippen MR) is 96.8 cm³/mol. The van der Waals surface area contributed by atoms with Gasteiger partial charge in [-0.1, -0.05) is 16.8 Å². The van der Waals surface area contributed by atoms with Crippen LogP contribution in [-0.2, 0) is 0 Å². The van der Waals surface area contributed by atoms with Gasteiger partial charge in [-0.05, 0) is 50.6 Å². The number of furan rings is 1. The number of aromatic hydroxyl groups is 1. The van der Waals surface area contributed by atoms with Crippen LogP contribution in [-0.4, -0.2) is 20.7 Å². The molecule has 0 amide bonds. The number of amidine groups is 1. The number of nitrogens with zero attached hydrogens (tertiary/aromatic N) is 2. The van der Waals surface area contributed by atoms with Gasteiger partial charge >= 0.3 is 0 Å². The second-order valence-electron chi connectivity index (χ2n) is 5.91. The summed E-state index contributed by atoms with van der Waals surface area (Å²) in [4.78, 5) is 0. The average Bonchev–Trinajstić information content (AvgIpc) is 3.01. The first-order valence-electron chi connectivity index (χ1n) is 7.71. The minimum absolute atomic E-state index is 0.0914. The zero-order valence-corrected chi connectivity index (χ0v) is 15.1. The SMILES string of the molecule is Cc1oc(F)c(C)c1-c1c(C(N)=NO)c(C)c(Cl)n1-c1ccc(O)cc1. The fourth-order valence-electron chi connectivity index (χ4n) is 3.07. The smallest absolute Gasteiger partial charge is 0.281 e. The van der Waals surface area contributed by atoms with E-state index >= 15 is 0 Å². The topological polar surface area (TPSA) is 96.9 Å². The van der Waals surface area contributed by atoms with Gasteiger partial charge in [-0.15, -0.1) is 0 Å². The molecule has 0 aliphatic heterocycles. The van der Waals surface area contributed by atoms with Gasteiger partial charge in [0, 0.05) is 16.8 Å². The Morgan fingerprint density at radius 1 is 1.19 bits per heavy atom. The molecule has 1 aromatic carbocycles. The Bertz CT molecular complexity index is 1020. The normalized spacial score (nSPS) is 12.0. The third-order valence-electron chi connectivity index (χ3n) is 4.31. The molecule has 2 heterocycles. The molecule has 0 atom stereocenters. The van der Waals surface area contributed by atoms with Gasteiger partial charge in [0.1, 0.15) is 16.7 Å². The number of hydrogen-bond donors (Lipinski definition) is 3. The first-order chi connectivity index (χ1) is 12.3. The summed E-state index contributed by atoms with van der Waals surface area (Å²) in [5.41, 5.74) is 8.62. The van der Waals surface area contributed by atoms with Crippen LogP contribution in [0.1, 0.15) is 22.5 Å². The highest BCUT2D eigenvalue weighted by Crippen LogP contribution is 2.41. The summed E-state index contributed by atoms with van der Waals surface area (Å²) < 4.78 is 20.8. The fourth-order valence-corrected chi connectivity index (χ4v) is 3.35. The molecule has 136 valence electrons. The van der Waals surface area contributed by atoms with Crippen molar-refractivity contribution in [3.63, 3.8) is 0 Å². The van der Waals surface area contributed by atoms with Crippen LogP contribution in [0.25, 0.3) is 16.9 Å². The number of oxime groups is 1. The molecule has 0 aliphatic carbocycles. The van der Waals surface area contributed by atoms with E-state index in [0.717, 1.165) is 0 Å². The van der Waals surface area contributed by atoms with E-state index in [4.69, 9.17) is 21.8 Å². The number of phenols is 1. The van der Waals surface area contributed by atoms with Crippen molar-refractivity contribution in [3.8, 4) is 22.7 Å².